The lowest BCUT2D eigenvalue weighted by molar-refractivity contribution is 0.0512. The van der Waals surface area contributed by atoms with Crippen molar-refractivity contribution in [2.24, 2.45) is 0 Å². The topological polar surface area (TPSA) is 121 Å². The number of carbonyl (C=O) groups is 2. The van der Waals surface area contributed by atoms with Gasteiger partial charge in [-0.1, -0.05) is 26.7 Å². The van der Waals surface area contributed by atoms with Crippen molar-refractivity contribution in [3.63, 3.8) is 0 Å². The minimum Gasteiger partial charge on any atom is -0.461 e. The summed E-state index contributed by atoms with van der Waals surface area (Å²) in [7, 11) is 0. The van der Waals surface area contributed by atoms with Gasteiger partial charge in [0, 0.05) is 12.8 Å². The Bertz CT molecular complexity index is 1160. The predicted molar refractivity (Wildman–Crippen MR) is 117 cm³/mol. The van der Waals surface area contributed by atoms with E-state index in [-0.39, 0.29) is 47.3 Å². The zero-order valence-electron chi connectivity index (χ0n) is 18.9. The average Bonchev–Trinajstić information content (AvgIpc) is 3.35. The second-order valence-corrected chi connectivity index (χ2v) is 7.38. The first-order chi connectivity index (χ1) is 15.4. The number of hydrogen-bond donors (Lipinski definition) is 0. The van der Waals surface area contributed by atoms with Gasteiger partial charge in [0.05, 0.1) is 13.2 Å². The maximum absolute atomic E-state index is 13.6. The van der Waals surface area contributed by atoms with Gasteiger partial charge in [0.2, 0.25) is 0 Å². The molecule has 0 atom stereocenters. The van der Waals surface area contributed by atoms with Gasteiger partial charge in [-0.2, -0.15) is 0 Å². The van der Waals surface area contributed by atoms with E-state index in [0.717, 1.165) is 21.6 Å². The van der Waals surface area contributed by atoms with Crippen LogP contribution >= 0.6 is 0 Å². The molecule has 0 saturated heterocycles. The van der Waals surface area contributed by atoms with Crippen LogP contribution in [0, 0.1) is 0 Å². The van der Waals surface area contributed by atoms with Gasteiger partial charge in [0.15, 0.2) is 11.4 Å². The van der Waals surface area contributed by atoms with Crippen LogP contribution in [0.15, 0.2) is 9.59 Å². The summed E-state index contributed by atoms with van der Waals surface area (Å²) >= 11 is 0. The Labute approximate surface area is 184 Å². The van der Waals surface area contributed by atoms with Crippen molar-refractivity contribution in [2.75, 3.05) is 13.2 Å². The first-order valence-electron chi connectivity index (χ1n) is 11.1. The summed E-state index contributed by atoms with van der Waals surface area (Å²) in [6, 6.07) is 0. The normalized spacial score (nSPS) is 11.4. The maximum atomic E-state index is 13.6. The molecule has 0 aliphatic rings. The Morgan fingerprint density at radius 3 is 1.41 bits per heavy atom. The van der Waals surface area contributed by atoms with Crippen molar-refractivity contribution in [3.8, 4) is 0 Å². The van der Waals surface area contributed by atoms with Gasteiger partial charge >= 0.3 is 11.9 Å². The number of aryl methyl sites for hydroxylation is 2. The second-order valence-electron chi connectivity index (χ2n) is 7.38. The van der Waals surface area contributed by atoms with E-state index in [4.69, 9.17) is 9.47 Å². The molecule has 0 aliphatic heterocycles. The average molecular weight is 444 g/mol. The van der Waals surface area contributed by atoms with Crippen LogP contribution in [0.5, 0.6) is 0 Å². The number of esters is 2. The first-order valence-corrected chi connectivity index (χ1v) is 11.1. The predicted octanol–water partition coefficient (Wildman–Crippen LogP) is 2.18. The van der Waals surface area contributed by atoms with Crippen LogP contribution in [0.1, 0.15) is 86.0 Å². The molecule has 10 nitrogen and oxygen atoms in total. The molecule has 0 amide bonds. The fraction of sp³-hybridized carbons (Fsp3) is 0.545. The van der Waals surface area contributed by atoms with Crippen LogP contribution in [0.2, 0.25) is 0 Å². The van der Waals surface area contributed by atoms with E-state index in [1.165, 1.54) is 0 Å². The number of nitrogens with zero attached hydrogens (tertiary/aromatic N) is 4. The Morgan fingerprint density at radius 2 is 1.09 bits per heavy atom. The smallest absolute Gasteiger partial charge is 0.359 e. The molecular weight excluding hydrogens is 416 g/mol. The van der Waals surface area contributed by atoms with Gasteiger partial charge in [0.25, 0.3) is 11.1 Å². The van der Waals surface area contributed by atoms with Gasteiger partial charge in [-0.25, -0.2) is 19.6 Å². The molecule has 10 heteroatoms. The molecule has 0 aromatic carbocycles. The second kappa shape index (κ2) is 9.88. The summed E-state index contributed by atoms with van der Waals surface area (Å²) in [5.41, 5.74) is -1.97. The molecule has 0 spiro atoms. The Morgan fingerprint density at radius 1 is 0.719 bits per heavy atom. The zero-order chi connectivity index (χ0) is 23.4. The van der Waals surface area contributed by atoms with Gasteiger partial charge < -0.3 is 9.47 Å². The highest BCUT2D eigenvalue weighted by molar-refractivity contribution is 5.97. The number of aromatic nitrogens is 4. The number of ether oxygens (including phenoxy) is 2. The lowest BCUT2D eigenvalue weighted by Crippen LogP contribution is -2.29. The third-order valence-corrected chi connectivity index (χ3v) is 5.15. The van der Waals surface area contributed by atoms with Crippen LogP contribution in [0.3, 0.4) is 0 Å². The van der Waals surface area contributed by atoms with Crippen LogP contribution in [-0.2, 0) is 22.3 Å². The van der Waals surface area contributed by atoms with E-state index in [0.29, 0.717) is 25.7 Å². The van der Waals surface area contributed by atoms with Crippen LogP contribution in [0.4, 0.5) is 0 Å². The zero-order valence-corrected chi connectivity index (χ0v) is 18.9. The van der Waals surface area contributed by atoms with Gasteiger partial charge in [-0.05, 0) is 26.7 Å². The largest absolute Gasteiger partial charge is 0.461 e. The summed E-state index contributed by atoms with van der Waals surface area (Å²) in [5, 5.41) is 0. The Kier molecular flexibility index (Phi) is 7.22. The third-order valence-electron chi connectivity index (χ3n) is 5.15. The molecule has 0 bridgehead atoms. The molecule has 0 saturated carbocycles. The summed E-state index contributed by atoms with van der Waals surface area (Å²) in [6.45, 7) is 7.45. The molecule has 0 unspecified atom stereocenters. The van der Waals surface area contributed by atoms with Crippen molar-refractivity contribution in [3.05, 3.63) is 43.7 Å². The third kappa shape index (κ3) is 3.96. The molecule has 172 valence electrons. The molecule has 0 N–H and O–H groups in total. The molecule has 3 aromatic heterocycles. The van der Waals surface area contributed by atoms with Crippen LogP contribution in [-0.4, -0.2) is 43.9 Å². The number of unbranched alkanes of at least 4 members (excludes halogenated alkanes) is 2. The van der Waals surface area contributed by atoms with E-state index >= 15 is 0 Å². The molecule has 0 fully saturated rings. The summed E-state index contributed by atoms with van der Waals surface area (Å²) in [4.78, 5) is 60.9. The summed E-state index contributed by atoms with van der Waals surface area (Å²) < 4.78 is 12.4. The van der Waals surface area contributed by atoms with Crippen molar-refractivity contribution in [2.45, 2.75) is 66.2 Å². The van der Waals surface area contributed by atoms with E-state index in [9.17, 15) is 19.2 Å². The molecule has 0 aliphatic carbocycles. The number of carbonyl (C=O) groups excluding carboxylic acids is 2. The highest BCUT2D eigenvalue weighted by Crippen LogP contribution is 2.17. The first kappa shape index (κ1) is 23.4. The summed E-state index contributed by atoms with van der Waals surface area (Å²) in [6.07, 6.45) is 3.82. The lowest BCUT2D eigenvalue weighted by Gasteiger charge is -2.04. The van der Waals surface area contributed by atoms with Crippen molar-refractivity contribution < 1.29 is 19.1 Å². The minimum absolute atomic E-state index is 0.0998. The van der Waals surface area contributed by atoms with E-state index < -0.39 is 23.1 Å². The highest BCUT2D eigenvalue weighted by atomic mass is 16.5. The summed E-state index contributed by atoms with van der Waals surface area (Å²) in [5.74, 6) is -0.991. The molecular formula is C22H28N4O6. The quantitative estimate of drug-likeness (QED) is 0.436. The maximum Gasteiger partial charge on any atom is 0.359 e. The monoisotopic (exact) mass is 444 g/mol. The highest BCUT2D eigenvalue weighted by Gasteiger charge is 2.30. The van der Waals surface area contributed by atoms with Gasteiger partial charge in [-0.15, -0.1) is 0 Å². The van der Waals surface area contributed by atoms with E-state index in [1.54, 1.807) is 13.8 Å². The lowest BCUT2D eigenvalue weighted by atomic mass is 10.2. The molecule has 3 rings (SSSR count). The number of hydrogen-bond acceptors (Lipinski definition) is 8. The van der Waals surface area contributed by atoms with E-state index in [2.05, 4.69) is 9.97 Å². The number of imidazole rings is 2. The number of rotatable bonds is 10. The van der Waals surface area contributed by atoms with Crippen molar-refractivity contribution >= 4 is 23.0 Å². The molecule has 3 aromatic rings. The Balaban J connectivity index is 2.46. The van der Waals surface area contributed by atoms with Crippen molar-refractivity contribution in [1.82, 2.24) is 18.8 Å². The van der Waals surface area contributed by atoms with E-state index in [1.807, 2.05) is 13.8 Å². The SMILES string of the molecule is CCCCc1nc(C(=O)OCC)c2c(=O)n3c(CCCC)nc(C(=O)OCC)c3c(=O)n12. The fourth-order valence-corrected chi connectivity index (χ4v) is 3.67. The molecule has 0 radical (unpaired) electrons. The standard InChI is InChI=1S/C22H28N4O6/c1-5-9-11-13-23-15(21(29)31-7-3)17-20(28)26-14(12-10-6-2)24-16(22(30)32-8-4)18(26)19(27)25(13)17/h5-12H2,1-4H3. The number of fused-ring (bicyclic) bond motifs is 2. The van der Waals surface area contributed by atoms with Crippen molar-refractivity contribution in [1.29, 1.82) is 0 Å². The van der Waals surface area contributed by atoms with Crippen LogP contribution < -0.4 is 11.1 Å². The van der Waals surface area contributed by atoms with Gasteiger partial charge in [-0.3, -0.25) is 18.4 Å². The molecule has 3 heterocycles. The van der Waals surface area contributed by atoms with Crippen LogP contribution in [0.25, 0.3) is 11.0 Å². The fourth-order valence-electron chi connectivity index (χ4n) is 3.67. The molecule has 32 heavy (non-hydrogen) atoms. The van der Waals surface area contributed by atoms with Gasteiger partial charge in [0.1, 0.15) is 22.7 Å². The Hall–Kier alpha value is -3.30. The minimum atomic E-state index is -0.774.